The molecule has 0 fully saturated rings. The van der Waals surface area contributed by atoms with Crippen molar-refractivity contribution in [3.63, 3.8) is 0 Å². The number of halogens is 1. The minimum Gasteiger partial charge on any atom is -0.491 e. The molecule has 2 aromatic carbocycles. The molecule has 0 radical (unpaired) electrons. The van der Waals surface area contributed by atoms with Gasteiger partial charge in [-0.05, 0) is 86.7 Å². The zero-order valence-electron chi connectivity index (χ0n) is 14.6. The van der Waals surface area contributed by atoms with Crippen molar-refractivity contribution in [2.45, 2.75) is 20.0 Å². The second kappa shape index (κ2) is 7.83. The number of allylic oxidation sites excluding steroid dienone is 1. The summed E-state index contributed by atoms with van der Waals surface area (Å²) in [4.78, 5) is 12.3. The van der Waals surface area contributed by atoms with Crippen LogP contribution in [-0.4, -0.2) is 11.9 Å². The first-order chi connectivity index (χ1) is 12.5. The molecule has 0 amide bonds. The Morgan fingerprint density at radius 3 is 2.35 bits per heavy atom. The second-order valence-electron chi connectivity index (χ2n) is 6.10. The smallest absolute Gasteiger partial charge is 0.185 e. The number of ketones is 1. The third kappa shape index (κ3) is 4.48. The van der Waals surface area contributed by atoms with Crippen LogP contribution in [0, 0.1) is 5.82 Å². The van der Waals surface area contributed by atoms with Crippen LogP contribution in [0.4, 0.5) is 4.39 Å². The van der Waals surface area contributed by atoms with E-state index < -0.39 is 0 Å². The Balaban J connectivity index is 1.67. The third-order valence-electron chi connectivity index (χ3n) is 3.67. The van der Waals surface area contributed by atoms with Gasteiger partial charge in [0.2, 0.25) is 0 Å². The molecule has 0 aliphatic carbocycles. The van der Waals surface area contributed by atoms with Crippen LogP contribution < -0.4 is 4.74 Å². The molecule has 0 aliphatic heterocycles. The molecule has 26 heavy (non-hydrogen) atoms. The van der Waals surface area contributed by atoms with Gasteiger partial charge in [0, 0.05) is 11.1 Å². The van der Waals surface area contributed by atoms with Crippen molar-refractivity contribution in [1.29, 1.82) is 0 Å². The highest BCUT2D eigenvalue weighted by molar-refractivity contribution is 6.06. The summed E-state index contributed by atoms with van der Waals surface area (Å²) in [6.45, 7) is 3.90. The van der Waals surface area contributed by atoms with Crippen molar-refractivity contribution in [3.8, 4) is 17.1 Å². The van der Waals surface area contributed by atoms with E-state index in [0.717, 1.165) is 11.3 Å². The monoisotopic (exact) mass is 350 g/mol. The van der Waals surface area contributed by atoms with Crippen LogP contribution in [0.15, 0.2) is 71.2 Å². The minimum absolute atomic E-state index is 0.0886. The van der Waals surface area contributed by atoms with E-state index in [1.165, 1.54) is 18.2 Å². The summed E-state index contributed by atoms with van der Waals surface area (Å²) in [6, 6.07) is 16.6. The number of rotatable bonds is 6. The molecule has 0 N–H and O–H groups in total. The lowest BCUT2D eigenvalue weighted by Crippen LogP contribution is -2.05. The molecule has 0 bridgehead atoms. The molecule has 0 saturated carbocycles. The van der Waals surface area contributed by atoms with Crippen molar-refractivity contribution >= 4 is 11.9 Å². The van der Waals surface area contributed by atoms with Gasteiger partial charge in [0.25, 0.3) is 0 Å². The fraction of sp³-hybridized carbons (Fsp3) is 0.136. The molecular weight excluding hydrogens is 331 g/mol. The van der Waals surface area contributed by atoms with Gasteiger partial charge < -0.3 is 9.15 Å². The fourth-order valence-corrected chi connectivity index (χ4v) is 2.44. The van der Waals surface area contributed by atoms with Crippen molar-refractivity contribution in [1.82, 2.24) is 0 Å². The van der Waals surface area contributed by atoms with Crippen molar-refractivity contribution in [2.75, 3.05) is 0 Å². The maximum absolute atomic E-state index is 13.0. The van der Waals surface area contributed by atoms with Crippen LogP contribution in [0.3, 0.4) is 0 Å². The molecule has 0 aliphatic rings. The van der Waals surface area contributed by atoms with Gasteiger partial charge in [0.05, 0.1) is 6.10 Å². The Labute approximate surface area is 151 Å². The molecule has 3 nitrogen and oxygen atoms in total. The van der Waals surface area contributed by atoms with Crippen molar-refractivity contribution in [2.24, 2.45) is 0 Å². The Bertz CT molecular complexity index is 903. The van der Waals surface area contributed by atoms with Crippen LogP contribution >= 0.6 is 0 Å². The maximum atomic E-state index is 13.0. The minimum atomic E-state index is -0.296. The lowest BCUT2D eigenvalue weighted by atomic mass is 10.1. The van der Waals surface area contributed by atoms with E-state index in [9.17, 15) is 9.18 Å². The van der Waals surface area contributed by atoms with Crippen molar-refractivity contribution < 1.29 is 18.3 Å². The molecule has 0 unspecified atom stereocenters. The molecular formula is C22H19FO3. The zero-order chi connectivity index (χ0) is 18.5. The van der Waals surface area contributed by atoms with Gasteiger partial charge >= 0.3 is 0 Å². The zero-order valence-corrected chi connectivity index (χ0v) is 14.6. The lowest BCUT2D eigenvalue weighted by molar-refractivity contribution is 0.104. The Hall–Kier alpha value is -3.14. The SMILES string of the molecule is CC(C)Oc1ccc(C(=O)/C=C/c2ccc(-c3ccc(F)cc3)o2)cc1. The molecule has 4 heteroatoms. The van der Waals surface area contributed by atoms with Gasteiger partial charge in [-0.3, -0.25) is 4.79 Å². The molecule has 3 aromatic rings. The summed E-state index contributed by atoms with van der Waals surface area (Å²) >= 11 is 0. The Morgan fingerprint density at radius 1 is 1.00 bits per heavy atom. The van der Waals surface area contributed by atoms with Crippen LogP contribution in [0.2, 0.25) is 0 Å². The molecule has 0 saturated heterocycles. The van der Waals surface area contributed by atoms with Crippen LogP contribution in [0.5, 0.6) is 5.75 Å². The van der Waals surface area contributed by atoms with E-state index in [0.29, 0.717) is 17.1 Å². The van der Waals surface area contributed by atoms with E-state index in [1.807, 2.05) is 13.8 Å². The number of hydrogen-bond acceptors (Lipinski definition) is 3. The number of benzene rings is 2. The van der Waals surface area contributed by atoms with Crippen molar-refractivity contribution in [3.05, 3.63) is 83.9 Å². The number of carbonyl (C=O) groups excluding carboxylic acids is 1. The van der Waals surface area contributed by atoms with Gasteiger partial charge in [-0.2, -0.15) is 0 Å². The van der Waals surface area contributed by atoms with Gasteiger partial charge in [-0.1, -0.05) is 0 Å². The van der Waals surface area contributed by atoms with Crippen LogP contribution in [0.1, 0.15) is 30.0 Å². The van der Waals surface area contributed by atoms with Gasteiger partial charge in [0.15, 0.2) is 5.78 Å². The van der Waals surface area contributed by atoms with E-state index in [1.54, 1.807) is 54.6 Å². The summed E-state index contributed by atoms with van der Waals surface area (Å²) in [6.07, 6.45) is 3.17. The topological polar surface area (TPSA) is 39.4 Å². The normalized spacial score (nSPS) is 11.2. The fourth-order valence-electron chi connectivity index (χ4n) is 2.44. The molecule has 1 heterocycles. The third-order valence-corrected chi connectivity index (χ3v) is 3.67. The summed E-state index contributed by atoms with van der Waals surface area (Å²) < 4.78 is 24.2. The summed E-state index contributed by atoms with van der Waals surface area (Å²) in [5, 5.41) is 0. The average Bonchev–Trinajstić information content (AvgIpc) is 3.09. The molecule has 3 rings (SSSR count). The lowest BCUT2D eigenvalue weighted by Gasteiger charge is -2.09. The largest absolute Gasteiger partial charge is 0.491 e. The second-order valence-corrected chi connectivity index (χ2v) is 6.10. The molecule has 132 valence electrons. The number of carbonyl (C=O) groups is 1. The van der Waals surface area contributed by atoms with Gasteiger partial charge in [-0.25, -0.2) is 4.39 Å². The highest BCUT2D eigenvalue weighted by Crippen LogP contribution is 2.23. The van der Waals surface area contributed by atoms with Gasteiger partial charge in [0.1, 0.15) is 23.1 Å². The number of ether oxygens (including phenoxy) is 1. The van der Waals surface area contributed by atoms with E-state index >= 15 is 0 Å². The quantitative estimate of drug-likeness (QED) is 0.418. The van der Waals surface area contributed by atoms with E-state index in [2.05, 4.69) is 0 Å². The highest BCUT2D eigenvalue weighted by Gasteiger charge is 2.06. The predicted octanol–water partition coefficient (Wildman–Crippen LogP) is 5.77. The van der Waals surface area contributed by atoms with E-state index in [-0.39, 0.29) is 17.7 Å². The summed E-state index contributed by atoms with van der Waals surface area (Å²) in [7, 11) is 0. The van der Waals surface area contributed by atoms with Gasteiger partial charge in [-0.15, -0.1) is 0 Å². The standard InChI is InChI=1S/C22H19FO3/c1-15(2)25-19-9-5-16(6-10-19)21(24)13-11-20-12-14-22(26-20)17-3-7-18(23)8-4-17/h3-15H,1-2H3/b13-11+. The summed E-state index contributed by atoms with van der Waals surface area (Å²) in [5.41, 5.74) is 1.35. The Kier molecular flexibility index (Phi) is 5.32. The Morgan fingerprint density at radius 2 is 1.69 bits per heavy atom. The highest BCUT2D eigenvalue weighted by atomic mass is 19.1. The first-order valence-corrected chi connectivity index (χ1v) is 8.36. The van der Waals surface area contributed by atoms with E-state index in [4.69, 9.17) is 9.15 Å². The number of hydrogen-bond donors (Lipinski definition) is 0. The summed E-state index contributed by atoms with van der Waals surface area (Å²) in [5.74, 6) is 1.48. The predicted molar refractivity (Wildman–Crippen MR) is 99.7 cm³/mol. The molecule has 0 spiro atoms. The van der Waals surface area contributed by atoms with Crippen LogP contribution in [-0.2, 0) is 0 Å². The number of furan rings is 1. The molecule has 0 atom stereocenters. The van der Waals surface area contributed by atoms with Crippen LogP contribution in [0.25, 0.3) is 17.4 Å². The average molecular weight is 350 g/mol. The first kappa shape index (κ1) is 17.7. The first-order valence-electron chi connectivity index (χ1n) is 8.36. The maximum Gasteiger partial charge on any atom is 0.185 e. The molecule has 1 aromatic heterocycles.